The Balaban J connectivity index is 2.07. The zero-order valence-corrected chi connectivity index (χ0v) is 8.92. The van der Waals surface area contributed by atoms with Crippen LogP contribution in [-0.2, 0) is 0 Å². The van der Waals surface area contributed by atoms with Crippen LogP contribution in [0.15, 0.2) is 48.7 Å². The Morgan fingerprint density at radius 1 is 1.06 bits per heavy atom. The maximum Gasteiger partial charge on any atom is 0.246 e. The van der Waals surface area contributed by atoms with E-state index >= 15 is 0 Å². The van der Waals surface area contributed by atoms with Crippen LogP contribution in [0.1, 0.15) is 16.3 Å². The van der Waals surface area contributed by atoms with Crippen molar-refractivity contribution in [1.29, 1.82) is 0 Å². The van der Waals surface area contributed by atoms with E-state index in [2.05, 4.69) is 15.0 Å². The fraction of sp³-hybridized carbons (Fsp3) is 0. The number of benzene rings is 1. The number of rotatable bonds is 2. The molecular formula is C13H9N3O. The van der Waals surface area contributed by atoms with Crippen LogP contribution in [0.4, 0.5) is 0 Å². The standard InChI is InChI=1S/C13H9N3O/c17-12(11-7-3-4-8-14-11)13-15-9-5-1-2-6-10(9)16-13/h1-8H,(H,15,16). The first-order valence-corrected chi connectivity index (χ1v) is 5.25. The number of nitrogens with one attached hydrogen (secondary N) is 1. The minimum absolute atomic E-state index is 0.193. The summed E-state index contributed by atoms with van der Waals surface area (Å²) in [6, 6.07) is 12.8. The van der Waals surface area contributed by atoms with Crippen molar-refractivity contribution in [3.05, 3.63) is 60.2 Å². The van der Waals surface area contributed by atoms with E-state index in [9.17, 15) is 4.79 Å². The van der Waals surface area contributed by atoms with Crippen molar-refractivity contribution in [3.8, 4) is 0 Å². The Bertz CT molecular complexity index is 640. The average Bonchev–Trinajstić information content (AvgIpc) is 2.82. The Labute approximate surface area is 97.3 Å². The highest BCUT2D eigenvalue weighted by Crippen LogP contribution is 2.12. The topological polar surface area (TPSA) is 58.6 Å². The molecule has 2 aromatic heterocycles. The molecule has 82 valence electrons. The second-order valence-electron chi connectivity index (χ2n) is 3.65. The maximum absolute atomic E-state index is 12.1. The maximum atomic E-state index is 12.1. The van der Waals surface area contributed by atoms with Gasteiger partial charge in [-0.25, -0.2) is 4.98 Å². The number of ketones is 1. The second-order valence-corrected chi connectivity index (χ2v) is 3.65. The molecule has 2 heterocycles. The van der Waals surface area contributed by atoms with Gasteiger partial charge < -0.3 is 4.98 Å². The lowest BCUT2D eigenvalue weighted by atomic mass is 10.2. The van der Waals surface area contributed by atoms with Gasteiger partial charge in [0.25, 0.3) is 0 Å². The van der Waals surface area contributed by atoms with E-state index in [0.29, 0.717) is 11.5 Å². The number of imidazole rings is 1. The van der Waals surface area contributed by atoms with Crippen molar-refractivity contribution in [3.63, 3.8) is 0 Å². The van der Waals surface area contributed by atoms with Gasteiger partial charge in [-0.1, -0.05) is 18.2 Å². The number of aromatic nitrogens is 3. The summed E-state index contributed by atoms with van der Waals surface area (Å²) in [5, 5.41) is 0. The summed E-state index contributed by atoms with van der Waals surface area (Å²) in [4.78, 5) is 23.3. The van der Waals surface area contributed by atoms with Gasteiger partial charge in [0.15, 0.2) is 5.82 Å². The molecule has 0 unspecified atom stereocenters. The van der Waals surface area contributed by atoms with E-state index in [-0.39, 0.29) is 5.78 Å². The van der Waals surface area contributed by atoms with Crippen molar-refractivity contribution in [2.45, 2.75) is 0 Å². The number of nitrogens with zero attached hydrogens (tertiary/aromatic N) is 2. The van der Waals surface area contributed by atoms with Crippen LogP contribution in [0.3, 0.4) is 0 Å². The Morgan fingerprint density at radius 3 is 2.65 bits per heavy atom. The average molecular weight is 223 g/mol. The number of hydrogen-bond acceptors (Lipinski definition) is 3. The van der Waals surface area contributed by atoms with E-state index in [1.807, 2.05) is 24.3 Å². The van der Waals surface area contributed by atoms with Crippen LogP contribution < -0.4 is 0 Å². The zero-order chi connectivity index (χ0) is 11.7. The predicted octanol–water partition coefficient (Wildman–Crippen LogP) is 2.19. The molecule has 0 aliphatic rings. The molecule has 0 atom stereocenters. The molecule has 0 aliphatic heterocycles. The van der Waals surface area contributed by atoms with Gasteiger partial charge in [-0.15, -0.1) is 0 Å². The van der Waals surface area contributed by atoms with Crippen molar-refractivity contribution < 1.29 is 4.79 Å². The molecule has 17 heavy (non-hydrogen) atoms. The third-order valence-corrected chi connectivity index (χ3v) is 2.50. The van der Waals surface area contributed by atoms with Crippen LogP contribution in [0.25, 0.3) is 11.0 Å². The molecule has 1 N–H and O–H groups in total. The highest BCUT2D eigenvalue weighted by molar-refractivity contribution is 6.06. The molecule has 0 saturated heterocycles. The first-order valence-electron chi connectivity index (χ1n) is 5.25. The monoisotopic (exact) mass is 223 g/mol. The van der Waals surface area contributed by atoms with Crippen LogP contribution in [0, 0.1) is 0 Å². The lowest BCUT2D eigenvalue weighted by Crippen LogP contribution is -2.05. The number of pyridine rings is 1. The predicted molar refractivity (Wildman–Crippen MR) is 63.8 cm³/mol. The lowest BCUT2D eigenvalue weighted by Gasteiger charge is -1.94. The third-order valence-electron chi connectivity index (χ3n) is 2.50. The molecule has 4 heteroatoms. The SMILES string of the molecule is O=C(c1ccccn1)c1nc2ccccc2[nH]1. The lowest BCUT2D eigenvalue weighted by molar-refractivity contribution is 0.102. The smallest absolute Gasteiger partial charge is 0.246 e. The largest absolute Gasteiger partial charge is 0.335 e. The van der Waals surface area contributed by atoms with E-state index in [1.54, 1.807) is 24.4 Å². The van der Waals surface area contributed by atoms with Crippen molar-refractivity contribution >= 4 is 16.8 Å². The van der Waals surface area contributed by atoms with Crippen LogP contribution >= 0.6 is 0 Å². The number of carbonyl (C=O) groups excluding carboxylic acids is 1. The highest BCUT2D eigenvalue weighted by atomic mass is 16.1. The fourth-order valence-electron chi connectivity index (χ4n) is 1.68. The molecule has 4 nitrogen and oxygen atoms in total. The van der Waals surface area contributed by atoms with Gasteiger partial charge >= 0.3 is 0 Å². The second kappa shape index (κ2) is 3.83. The summed E-state index contributed by atoms with van der Waals surface area (Å²) in [7, 11) is 0. The van der Waals surface area contributed by atoms with Crippen LogP contribution in [0.5, 0.6) is 0 Å². The highest BCUT2D eigenvalue weighted by Gasteiger charge is 2.14. The number of H-pyrrole nitrogens is 1. The summed E-state index contributed by atoms with van der Waals surface area (Å²) >= 11 is 0. The molecular weight excluding hydrogens is 214 g/mol. The van der Waals surface area contributed by atoms with E-state index in [0.717, 1.165) is 11.0 Å². The third kappa shape index (κ3) is 1.69. The summed E-state index contributed by atoms with van der Waals surface area (Å²) in [6.45, 7) is 0. The van der Waals surface area contributed by atoms with E-state index < -0.39 is 0 Å². The Hall–Kier alpha value is -2.49. The minimum atomic E-state index is -0.193. The summed E-state index contributed by atoms with van der Waals surface area (Å²) in [5.41, 5.74) is 2.03. The first kappa shape index (κ1) is 9.72. The quantitative estimate of drug-likeness (QED) is 0.677. The normalized spacial score (nSPS) is 10.6. The summed E-state index contributed by atoms with van der Waals surface area (Å²) in [6.07, 6.45) is 1.59. The van der Waals surface area contributed by atoms with Crippen LogP contribution in [-0.4, -0.2) is 20.7 Å². The van der Waals surface area contributed by atoms with Crippen LogP contribution in [0.2, 0.25) is 0 Å². The minimum Gasteiger partial charge on any atom is -0.335 e. The summed E-state index contributed by atoms with van der Waals surface area (Å²) in [5.74, 6) is 0.131. The molecule has 0 aliphatic carbocycles. The molecule has 1 aromatic carbocycles. The molecule has 0 radical (unpaired) electrons. The van der Waals surface area contributed by atoms with Gasteiger partial charge in [-0.05, 0) is 24.3 Å². The molecule has 0 saturated carbocycles. The van der Waals surface area contributed by atoms with E-state index in [4.69, 9.17) is 0 Å². The number of fused-ring (bicyclic) bond motifs is 1. The van der Waals surface area contributed by atoms with Gasteiger partial charge in [0.2, 0.25) is 5.78 Å². The van der Waals surface area contributed by atoms with Gasteiger partial charge in [0, 0.05) is 6.20 Å². The van der Waals surface area contributed by atoms with Gasteiger partial charge in [0.1, 0.15) is 5.69 Å². The number of carbonyl (C=O) groups is 1. The fourth-order valence-corrected chi connectivity index (χ4v) is 1.68. The van der Waals surface area contributed by atoms with Crippen molar-refractivity contribution in [2.75, 3.05) is 0 Å². The Kier molecular flexibility index (Phi) is 2.19. The van der Waals surface area contributed by atoms with E-state index in [1.165, 1.54) is 0 Å². The molecule has 0 bridgehead atoms. The molecule has 0 spiro atoms. The molecule has 3 aromatic rings. The number of para-hydroxylation sites is 2. The Morgan fingerprint density at radius 2 is 1.88 bits per heavy atom. The summed E-state index contributed by atoms with van der Waals surface area (Å²) < 4.78 is 0. The number of aromatic amines is 1. The first-order chi connectivity index (χ1) is 8.34. The van der Waals surface area contributed by atoms with Crippen molar-refractivity contribution in [1.82, 2.24) is 15.0 Å². The van der Waals surface area contributed by atoms with Gasteiger partial charge in [0.05, 0.1) is 11.0 Å². The molecule has 0 amide bonds. The van der Waals surface area contributed by atoms with Gasteiger partial charge in [-0.3, -0.25) is 9.78 Å². The molecule has 3 rings (SSSR count). The van der Waals surface area contributed by atoms with Gasteiger partial charge in [-0.2, -0.15) is 0 Å². The zero-order valence-electron chi connectivity index (χ0n) is 8.92. The molecule has 0 fully saturated rings. The number of hydrogen-bond donors (Lipinski definition) is 1. The van der Waals surface area contributed by atoms with Crippen molar-refractivity contribution in [2.24, 2.45) is 0 Å².